The number of nitrogens with two attached hydrogens (primary N) is 1. The van der Waals surface area contributed by atoms with Gasteiger partial charge in [-0.05, 0) is 6.92 Å². The van der Waals surface area contributed by atoms with Gasteiger partial charge in [0.15, 0.2) is 0 Å². The summed E-state index contributed by atoms with van der Waals surface area (Å²) in [6.45, 7) is 6.94. The van der Waals surface area contributed by atoms with E-state index < -0.39 is 0 Å². The van der Waals surface area contributed by atoms with E-state index in [9.17, 15) is 0 Å². The SMILES string of the molecule is COCCN(CC1COCC1N)C(C)COC. The van der Waals surface area contributed by atoms with E-state index >= 15 is 0 Å². The molecule has 102 valence electrons. The van der Waals surface area contributed by atoms with Gasteiger partial charge in [0.2, 0.25) is 0 Å². The summed E-state index contributed by atoms with van der Waals surface area (Å²) in [5.41, 5.74) is 6.02. The van der Waals surface area contributed by atoms with Crippen LogP contribution in [0, 0.1) is 5.92 Å². The smallest absolute Gasteiger partial charge is 0.0621 e. The van der Waals surface area contributed by atoms with E-state index in [0.29, 0.717) is 18.6 Å². The molecule has 0 aromatic carbocycles. The van der Waals surface area contributed by atoms with E-state index in [2.05, 4.69) is 11.8 Å². The maximum atomic E-state index is 6.02. The average molecular weight is 246 g/mol. The second-order valence-corrected chi connectivity index (χ2v) is 4.75. The predicted molar refractivity (Wildman–Crippen MR) is 67.1 cm³/mol. The van der Waals surface area contributed by atoms with Gasteiger partial charge < -0.3 is 19.9 Å². The van der Waals surface area contributed by atoms with Crippen LogP contribution < -0.4 is 5.73 Å². The van der Waals surface area contributed by atoms with Crippen LogP contribution in [0.3, 0.4) is 0 Å². The molecule has 5 heteroatoms. The Labute approximate surface area is 104 Å². The molecule has 0 aromatic heterocycles. The minimum Gasteiger partial charge on any atom is -0.383 e. The van der Waals surface area contributed by atoms with Crippen molar-refractivity contribution in [2.24, 2.45) is 11.7 Å². The van der Waals surface area contributed by atoms with Gasteiger partial charge in [0.05, 0.1) is 26.4 Å². The number of hydrogen-bond acceptors (Lipinski definition) is 5. The summed E-state index contributed by atoms with van der Waals surface area (Å²) in [5.74, 6) is 0.422. The highest BCUT2D eigenvalue weighted by Crippen LogP contribution is 2.15. The molecule has 0 spiro atoms. The standard InChI is InChI=1S/C12H26N2O3/c1-10(7-16-3)14(4-5-15-2)6-11-8-17-9-12(11)13/h10-12H,4-9,13H2,1-3H3. The molecule has 5 nitrogen and oxygen atoms in total. The zero-order valence-corrected chi connectivity index (χ0v) is 11.2. The lowest BCUT2D eigenvalue weighted by Crippen LogP contribution is -2.45. The monoisotopic (exact) mass is 246 g/mol. The van der Waals surface area contributed by atoms with E-state index in [4.69, 9.17) is 19.9 Å². The van der Waals surface area contributed by atoms with E-state index in [1.54, 1.807) is 14.2 Å². The molecule has 1 aliphatic heterocycles. The fourth-order valence-corrected chi connectivity index (χ4v) is 2.15. The van der Waals surface area contributed by atoms with Gasteiger partial charge in [-0.1, -0.05) is 0 Å². The van der Waals surface area contributed by atoms with Crippen molar-refractivity contribution in [1.82, 2.24) is 4.90 Å². The third-order valence-electron chi connectivity index (χ3n) is 3.33. The van der Waals surface area contributed by atoms with Crippen molar-refractivity contribution in [1.29, 1.82) is 0 Å². The third-order valence-corrected chi connectivity index (χ3v) is 3.33. The molecular formula is C12H26N2O3. The Bertz CT molecular complexity index is 204. The Kier molecular flexibility index (Phi) is 6.99. The first-order valence-electron chi connectivity index (χ1n) is 6.24. The summed E-state index contributed by atoms with van der Waals surface area (Å²) in [6, 6.07) is 0.540. The molecule has 0 saturated carbocycles. The third kappa shape index (κ3) is 4.89. The number of hydrogen-bond donors (Lipinski definition) is 1. The molecule has 0 aromatic rings. The Morgan fingerprint density at radius 1 is 1.35 bits per heavy atom. The minimum absolute atomic E-state index is 0.162. The number of nitrogens with zero attached hydrogens (tertiary/aromatic N) is 1. The molecule has 3 atom stereocenters. The van der Waals surface area contributed by atoms with Crippen LogP contribution in [0.5, 0.6) is 0 Å². The zero-order chi connectivity index (χ0) is 12.7. The fraction of sp³-hybridized carbons (Fsp3) is 1.00. The highest BCUT2D eigenvalue weighted by Gasteiger charge is 2.28. The van der Waals surface area contributed by atoms with Gasteiger partial charge in [0.1, 0.15) is 0 Å². The van der Waals surface area contributed by atoms with Crippen LogP contribution in [0.1, 0.15) is 6.92 Å². The van der Waals surface area contributed by atoms with Gasteiger partial charge in [0.25, 0.3) is 0 Å². The first-order chi connectivity index (χ1) is 8.19. The first-order valence-corrected chi connectivity index (χ1v) is 6.24. The van der Waals surface area contributed by atoms with Crippen molar-refractivity contribution in [3.05, 3.63) is 0 Å². The van der Waals surface area contributed by atoms with Crippen molar-refractivity contribution in [3.8, 4) is 0 Å². The van der Waals surface area contributed by atoms with Gasteiger partial charge >= 0.3 is 0 Å². The maximum Gasteiger partial charge on any atom is 0.0621 e. The van der Waals surface area contributed by atoms with Gasteiger partial charge in [0, 0.05) is 45.3 Å². The summed E-state index contributed by atoms with van der Waals surface area (Å²) in [5, 5.41) is 0. The highest BCUT2D eigenvalue weighted by molar-refractivity contribution is 4.82. The number of methoxy groups -OCH3 is 2. The Balaban J connectivity index is 2.43. The molecule has 1 heterocycles. The number of ether oxygens (including phenoxy) is 3. The molecule has 0 radical (unpaired) electrons. The topological polar surface area (TPSA) is 57.0 Å². The minimum atomic E-state index is 0.162. The van der Waals surface area contributed by atoms with Crippen molar-refractivity contribution in [2.45, 2.75) is 19.0 Å². The molecule has 0 bridgehead atoms. The lowest BCUT2D eigenvalue weighted by Gasteiger charge is -2.31. The molecular weight excluding hydrogens is 220 g/mol. The molecule has 1 saturated heterocycles. The number of rotatable bonds is 8. The van der Waals surface area contributed by atoms with Crippen LogP contribution in [-0.4, -0.2) is 70.7 Å². The highest BCUT2D eigenvalue weighted by atomic mass is 16.5. The van der Waals surface area contributed by atoms with Crippen molar-refractivity contribution >= 4 is 0 Å². The van der Waals surface area contributed by atoms with Crippen molar-refractivity contribution < 1.29 is 14.2 Å². The molecule has 2 N–H and O–H groups in total. The quantitative estimate of drug-likeness (QED) is 0.650. The predicted octanol–water partition coefficient (Wildman–Crippen LogP) is -0.0566. The molecule has 3 unspecified atom stereocenters. The van der Waals surface area contributed by atoms with E-state index in [0.717, 1.165) is 32.9 Å². The normalized spacial score (nSPS) is 26.6. The van der Waals surface area contributed by atoms with E-state index in [1.807, 2.05) is 0 Å². The largest absolute Gasteiger partial charge is 0.383 e. The van der Waals surface area contributed by atoms with Crippen LogP contribution in [-0.2, 0) is 14.2 Å². The van der Waals surface area contributed by atoms with Crippen LogP contribution in [0.4, 0.5) is 0 Å². The average Bonchev–Trinajstić information content (AvgIpc) is 2.70. The van der Waals surface area contributed by atoms with Crippen molar-refractivity contribution in [2.75, 3.05) is 53.7 Å². The Hall–Kier alpha value is -0.200. The summed E-state index contributed by atoms with van der Waals surface area (Å²) < 4.78 is 15.8. The second kappa shape index (κ2) is 8.00. The van der Waals surface area contributed by atoms with Crippen molar-refractivity contribution in [3.63, 3.8) is 0 Å². The molecule has 1 aliphatic rings. The van der Waals surface area contributed by atoms with E-state index in [-0.39, 0.29) is 6.04 Å². The zero-order valence-electron chi connectivity index (χ0n) is 11.2. The van der Waals surface area contributed by atoms with E-state index in [1.165, 1.54) is 0 Å². The fourth-order valence-electron chi connectivity index (χ4n) is 2.15. The van der Waals surface area contributed by atoms with Crippen LogP contribution >= 0.6 is 0 Å². The summed E-state index contributed by atoms with van der Waals surface area (Å²) in [6.07, 6.45) is 0. The lowest BCUT2D eigenvalue weighted by molar-refractivity contribution is 0.0617. The Morgan fingerprint density at radius 2 is 2.12 bits per heavy atom. The van der Waals surface area contributed by atoms with Gasteiger partial charge in [-0.25, -0.2) is 0 Å². The second-order valence-electron chi connectivity index (χ2n) is 4.75. The summed E-state index contributed by atoms with van der Waals surface area (Å²) in [7, 11) is 3.46. The van der Waals surface area contributed by atoms with Crippen LogP contribution in [0.25, 0.3) is 0 Å². The summed E-state index contributed by atoms with van der Waals surface area (Å²) >= 11 is 0. The molecule has 0 aliphatic carbocycles. The van der Waals surface area contributed by atoms with Gasteiger partial charge in [-0.15, -0.1) is 0 Å². The lowest BCUT2D eigenvalue weighted by atomic mass is 10.0. The van der Waals surface area contributed by atoms with Gasteiger partial charge in [-0.3, -0.25) is 4.90 Å². The Morgan fingerprint density at radius 3 is 2.65 bits per heavy atom. The first kappa shape index (κ1) is 14.9. The molecule has 1 fully saturated rings. The molecule has 1 rings (SSSR count). The van der Waals surface area contributed by atoms with Gasteiger partial charge in [-0.2, -0.15) is 0 Å². The van der Waals surface area contributed by atoms with Crippen LogP contribution in [0.15, 0.2) is 0 Å². The summed E-state index contributed by atoms with van der Waals surface area (Å²) in [4.78, 5) is 2.37. The molecule has 0 amide bonds. The maximum absolute atomic E-state index is 6.02. The molecule has 17 heavy (non-hydrogen) atoms. The van der Waals surface area contributed by atoms with Crippen LogP contribution in [0.2, 0.25) is 0 Å².